The van der Waals surface area contributed by atoms with Crippen molar-refractivity contribution in [3.63, 3.8) is 0 Å². The monoisotopic (exact) mass is 267 g/mol. The molecule has 20 heavy (non-hydrogen) atoms. The van der Waals surface area contributed by atoms with Gasteiger partial charge in [0.15, 0.2) is 5.69 Å². The molecule has 2 aliphatic rings. The molecule has 1 aromatic carbocycles. The zero-order valence-electron chi connectivity index (χ0n) is 11.5. The number of nitrogens with zero attached hydrogens (tertiary/aromatic N) is 2. The van der Waals surface area contributed by atoms with Crippen LogP contribution in [0, 0.1) is 0 Å². The molecule has 1 N–H and O–H groups in total. The average Bonchev–Trinajstić information content (AvgIpc) is 3.09. The molecule has 2 heterocycles. The highest BCUT2D eigenvalue weighted by Gasteiger charge is 2.34. The fourth-order valence-electron chi connectivity index (χ4n) is 3.49. The van der Waals surface area contributed by atoms with Gasteiger partial charge >= 0.3 is 0 Å². The van der Waals surface area contributed by atoms with Crippen LogP contribution in [-0.2, 0) is 19.3 Å². The zero-order chi connectivity index (χ0) is 13.7. The molecule has 0 fully saturated rings. The molecule has 2 aromatic rings. The summed E-state index contributed by atoms with van der Waals surface area (Å²) in [5, 5.41) is 7.31. The lowest BCUT2D eigenvalue weighted by atomic mass is 10.1. The highest BCUT2D eigenvalue weighted by molar-refractivity contribution is 6.07. The van der Waals surface area contributed by atoms with Gasteiger partial charge in [0.1, 0.15) is 0 Å². The highest BCUT2D eigenvalue weighted by atomic mass is 16.2. The number of fused-ring (bicyclic) bond motifs is 2. The van der Waals surface area contributed by atoms with Crippen molar-refractivity contribution < 1.29 is 4.79 Å². The Morgan fingerprint density at radius 2 is 2.20 bits per heavy atom. The van der Waals surface area contributed by atoms with Crippen LogP contribution < -0.4 is 4.90 Å². The summed E-state index contributed by atoms with van der Waals surface area (Å²) in [6.45, 7) is 2.10. The second-order valence-corrected chi connectivity index (χ2v) is 5.74. The van der Waals surface area contributed by atoms with E-state index in [2.05, 4.69) is 23.2 Å². The van der Waals surface area contributed by atoms with E-state index < -0.39 is 0 Å². The minimum atomic E-state index is 0.0434. The molecular formula is C16H17N3O. The third-order valence-electron chi connectivity index (χ3n) is 4.43. The molecule has 4 rings (SSSR count). The predicted molar refractivity (Wildman–Crippen MR) is 77.0 cm³/mol. The van der Waals surface area contributed by atoms with Crippen molar-refractivity contribution >= 4 is 11.6 Å². The molecule has 0 spiro atoms. The molecule has 0 saturated carbocycles. The molecule has 102 valence electrons. The van der Waals surface area contributed by atoms with E-state index in [9.17, 15) is 4.79 Å². The number of carbonyl (C=O) groups is 1. The van der Waals surface area contributed by atoms with Gasteiger partial charge in [-0.1, -0.05) is 18.2 Å². The summed E-state index contributed by atoms with van der Waals surface area (Å²) < 4.78 is 0. The summed E-state index contributed by atoms with van der Waals surface area (Å²) in [7, 11) is 0. The van der Waals surface area contributed by atoms with E-state index in [1.165, 1.54) is 5.56 Å². The van der Waals surface area contributed by atoms with Gasteiger partial charge in [0.05, 0.1) is 0 Å². The number of hydrogen-bond acceptors (Lipinski definition) is 2. The number of hydrogen-bond donors (Lipinski definition) is 1. The first-order valence-corrected chi connectivity index (χ1v) is 7.23. The number of rotatable bonds is 1. The smallest absolute Gasteiger partial charge is 0.279 e. The molecular weight excluding hydrogens is 250 g/mol. The number of aryl methyl sites for hydroxylation is 1. The number of amides is 1. The number of benzene rings is 1. The van der Waals surface area contributed by atoms with E-state index in [1.807, 2.05) is 23.1 Å². The molecule has 1 aliphatic carbocycles. The van der Waals surface area contributed by atoms with Crippen molar-refractivity contribution in [2.24, 2.45) is 0 Å². The van der Waals surface area contributed by atoms with Crippen LogP contribution in [0.3, 0.4) is 0 Å². The summed E-state index contributed by atoms with van der Waals surface area (Å²) in [5.74, 6) is 0.0434. The molecule has 1 unspecified atom stereocenters. The standard InChI is InChI=1S/C16H17N3O/c1-10-9-11-5-2-3-8-14(11)19(10)16(20)15-12-6-4-7-13(12)17-18-15/h2-3,5,8,10H,4,6-7,9H2,1H3,(H,17,18). The molecule has 1 atom stereocenters. The quantitative estimate of drug-likeness (QED) is 0.863. The van der Waals surface area contributed by atoms with E-state index in [0.29, 0.717) is 5.69 Å². The number of anilines is 1. The molecule has 4 nitrogen and oxygen atoms in total. The normalized spacial score (nSPS) is 20.1. The van der Waals surface area contributed by atoms with Crippen LogP contribution >= 0.6 is 0 Å². The lowest BCUT2D eigenvalue weighted by molar-refractivity contribution is 0.0976. The minimum absolute atomic E-state index is 0.0434. The van der Waals surface area contributed by atoms with Crippen LogP contribution in [0.1, 0.15) is 40.7 Å². The Kier molecular flexibility index (Phi) is 2.46. The summed E-state index contributed by atoms with van der Waals surface area (Å²) >= 11 is 0. The van der Waals surface area contributed by atoms with E-state index in [0.717, 1.165) is 42.6 Å². The first kappa shape index (κ1) is 11.7. The number of H-pyrrole nitrogens is 1. The Morgan fingerprint density at radius 3 is 3.10 bits per heavy atom. The fraction of sp³-hybridized carbons (Fsp3) is 0.375. The second kappa shape index (κ2) is 4.20. The SMILES string of the molecule is CC1Cc2ccccc2N1C(=O)c1n[nH]c2c1CCC2. The van der Waals surface area contributed by atoms with Crippen LogP contribution in [0.5, 0.6) is 0 Å². The van der Waals surface area contributed by atoms with Gasteiger partial charge in [0.25, 0.3) is 5.91 Å². The summed E-state index contributed by atoms with van der Waals surface area (Å²) in [5.41, 5.74) is 5.20. The average molecular weight is 267 g/mol. The maximum atomic E-state index is 12.9. The topological polar surface area (TPSA) is 49.0 Å². The van der Waals surface area contributed by atoms with Crippen LogP contribution in [0.15, 0.2) is 24.3 Å². The van der Waals surface area contributed by atoms with Crippen LogP contribution in [0.4, 0.5) is 5.69 Å². The van der Waals surface area contributed by atoms with E-state index in [-0.39, 0.29) is 11.9 Å². The van der Waals surface area contributed by atoms with Gasteiger partial charge in [-0.15, -0.1) is 0 Å². The Bertz CT molecular complexity index is 689. The first-order valence-electron chi connectivity index (χ1n) is 7.23. The van der Waals surface area contributed by atoms with Crippen LogP contribution in [-0.4, -0.2) is 22.1 Å². The largest absolute Gasteiger partial charge is 0.304 e. The molecule has 1 amide bonds. The van der Waals surface area contributed by atoms with Gasteiger partial charge in [-0.3, -0.25) is 9.89 Å². The molecule has 4 heteroatoms. The van der Waals surface area contributed by atoms with E-state index in [1.54, 1.807) is 0 Å². The molecule has 0 saturated heterocycles. The van der Waals surface area contributed by atoms with Crippen molar-refractivity contribution in [3.8, 4) is 0 Å². The third kappa shape index (κ3) is 1.54. The summed E-state index contributed by atoms with van der Waals surface area (Å²) in [4.78, 5) is 14.8. The Hall–Kier alpha value is -2.10. The van der Waals surface area contributed by atoms with Crippen LogP contribution in [0.25, 0.3) is 0 Å². The zero-order valence-corrected chi connectivity index (χ0v) is 11.5. The molecule has 1 aromatic heterocycles. The number of nitrogens with one attached hydrogen (secondary N) is 1. The Labute approximate surface area is 117 Å². The van der Waals surface area contributed by atoms with Crippen molar-refractivity contribution in [2.75, 3.05) is 4.90 Å². The lowest BCUT2D eigenvalue weighted by Crippen LogP contribution is -2.36. The van der Waals surface area contributed by atoms with Gasteiger partial charge in [-0.25, -0.2) is 0 Å². The Balaban J connectivity index is 1.75. The second-order valence-electron chi connectivity index (χ2n) is 5.74. The maximum Gasteiger partial charge on any atom is 0.279 e. The summed E-state index contributed by atoms with van der Waals surface area (Å²) in [6, 6.07) is 8.36. The number of aromatic amines is 1. The number of carbonyl (C=O) groups excluding carboxylic acids is 1. The van der Waals surface area contributed by atoms with Crippen molar-refractivity contribution in [1.82, 2.24) is 10.2 Å². The molecule has 0 radical (unpaired) electrons. The van der Waals surface area contributed by atoms with Gasteiger partial charge in [-0.05, 0) is 44.2 Å². The first-order chi connectivity index (χ1) is 9.75. The lowest BCUT2D eigenvalue weighted by Gasteiger charge is -2.22. The van der Waals surface area contributed by atoms with Gasteiger partial charge in [0, 0.05) is 23.0 Å². The summed E-state index contributed by atoms with van der Waals surface area (Å²) in [6.07, 6.45) is 4.03. The van der Waals surface area contributed by atoms with Gasteiger partial charge in [0.2, 0.25) is 0 Å². The Morgan fingerprint density at radius 1 is 1.35 bits per heavy atom. The van der Waals surface area contributed by atoms with Crippen molar-refractivity contribution in [3.05, 3.63) is 46.8 Å². The van der Waals surface area contributed by atoms with E-state index >= 15 is 0 Å². The molecule has 1 aliphatic heterocycles. The van der Waals surface area contributed by atoms with Gasteiger partial charge < -0.3 is 4.90 Å². The highest BCUT2D eigenvalue weighted by Crippen LogP contribution is 2.34. The molecule has 0 bridgehead atoms. The van der Waals surface area contributed by atoms with Gasteiger partial charge in [-0.2, -0.15) is 5.10 Å². The minimum Gasteiger partial charge on any atom is -0.304 e. The third-order valence-corrected chi connectivity index (χ3v) is 4.43. The van der Waals surface area contributed by atoms with Crippen molar-refractivity contribution in [1.29, 1.82) is 0 Å². The maximum absolute atomic E-state index is 12.9. The number of para-hydroxylation sites is 1. The van der Waals surface area contributed by atoms with Crippen LogP contribution in [0.2, 0.25) is 0 Å². The number of aromatic nitrogens is 2. The predicted octanol–water partition coefficient (Wildman–Crippen LogP) is 2.49. The van der Waals surface area contributed by atoms with Crippen molar-refractivity contribution in [2.45, 2.75) is 38.6 Å². The fourth-order valence-corrected chi connectivity index (χ4v) is 3.49. The van der Waals surface area contributed by atoms with E-state index in [4.69, 9.17) is 0 Å².